The largest absolute Gasteiger partial charge is 0.493 e. The van der Waals surface area contributed by atoms with E-state index in [1.165, 1.54) is 19.3 Å². The molecule has 1 aliphatic rings. The average Bonchev–Trinajstić information content (AvgIpc) is 2.61. The Morgan fingerprint density at radius 1 is 1.48 bits per heavy atom. The van der Waals surface area contributed by atoms with E-state index in [-0.39, 0.29) is 10.6 Å². The summed E-state index contributed by atoms with van der Waals surface area (Å²) in [4.78, 5) is 13.2. The van der Waals surface area contributed by atoms with Crippen molar-refractivity contribution in [3.63, 3.8) is 0 Å². The van der Waals surface area contributed by atoms with E-state index in [1.54, 1.807) is 12.1 Å². The first kappa shape index (κ1) is 19.1. The van der Waals surface area contributed by atoms with Crippen LogP contribution in [0.1, 0.15) is 5.56 Å². The fourth-order valence-electron chi connectivity index (χ4n) is 2.37. The van der Waals surface area contributed by atoms with Crippen LogP contribution in [0.15, 0.2) is 17.7 Å². The average molecular weight is 367 g/mol. The predicted octanol–water partition coefficient (Wildman–Crippen LogP) is 2.05. The van der Waals surface area contributed by atoms with Gasteiger partial charge in [0.25, 0.3) is 0 Å². The first-order chi connectivity index (χ1) is 12.0. The Kier molecular flexibility index (Phi) is 7.07. The molecule has 8 heteroatoms. The summed E-state index contributed by atoms with van der Waals surface area (Å²) >= 11 is 6.24. The lowest BCUT2D eigenvalue weighted by Crippen LogP contribution is -2.38. The fourth-order valence-corrected chi connectivity index (χ4v) is 2.65. The van der Waals surface area contributed by atoms with Gasteiger partial charge in [0.1, 0.15) is 18.2 Å². The van der Waals surface area contributed by atoms with E-state index in [9.17, 15) is 4.79 Å². The van der Waals surface area contributed by atoms with Gasteiger partial charge in [0.15, 0.2) is 11.5 Å². The van der Waals surface area contributed by atoms with Crippen LogP contribution in [0.5, 0.6) is 11.5 Å². The number of nitrogens with zero attached hydrogens (tertiary/aromatic N) is 2. The van der Waals surface area contributed by atoms with Gasteiger partial charge in [0, 0.05) is 19.6 Å². The molecule has 0 spiro atoms. The van der Waals surface area contributed by atoms with Crippen LogP contribution >= 0.6 is 11.6 Å². The highest BCUT2D eigenvalue weighted by atomic mass is 35.5. The predicted molar refractivity (Wildman–Crippen MR) is 92.0 cm³/mol. The van der Waals surface area contributed by atoms with Crippen LogP contribution in [0, 0.1) is 11.3 Å². The van der Waals surface area contributed by atoms with Crippen molar-refractivity contribution in [3.05, 3.63) is 28.3 Å². The van der Waals surface area contributed by atoms with Crippen LogP contribution in [0.3, 0.4) is 0 Å². The van der Waals surface area contributed by atoms with E-state index in [2.05, 4.69) is 4.90 Å². The van der Waals surface area contributed by atoms with E-state index in [0.717, 1.165) is 32.8 Å². The maximum absolute atomic E-state index is 10.9. The molecule has 2 rings (SSSR count). The molecule has 0 unspecified atom stereocenters. The van der Waals surface area contributed by atoms with Gasteiger partial charge in [0.2, 0.25) is 0 Å². The van der Waals surface area contributed by atoms with Gasteiger partial charge in [-0.2, -0.15) is 5.26 Å². The molecule has 1 aromatic rings. The van der Waals surface area contributed by atoms with Crippen molar-refractivity contribution in [2.75, 3.05) is 46.6 Å². The summed E-state index contributed by atoms with van der Waals surface area (Å²) < 4.78 is 16.3. The van der Waals surface area contributed by atoms with Gasteiger partial charge < -0.3 is 19.3 Å². The molecule has 134 valence electrons. The highest BCUT2D eigenvalue weighted by Crippen LogP contribution is 2.37. The molecule has 1 aromatic carbocycles. The molecular formula is C17H19ClN2O5. The van der Waals surface area contributed by atoms with Crippen molar-refractivity contribution in [2.24, 2.45) is 0 Å². The standard InChI is InChI=1S/C17H19ClN2O5/c1-23-15-10-12(8-13(11-19)17(21)22)9-14(18)16(15)25-7-4-20-2-5-24-6-3-20/h8-10H,2-7H2,1H3,(H,21,22). The lowest BCUT2D eigenvalue weighted by molar-refractivity contribution is -0.132. The van der Waals surface area contributed by atoms with Crippen molar-refractivity contribution in [2.45, 2.75) is 0 Å². The highest BCUT2D eigenvalue weighted by molar-refractivity contribution is 6.32. The molecule has 0 aromatic heterocycles. The van der Waals surface area contributed by atoms with Gasteiger partial charge in [-0.25, -0.2) is 4.79 Å². The molecular weight excluding hydrogens is 348 g/mol. The number of carboxylic acid groups (broad SMARTS) is 1. The van der Waals surface area contributed by atoms with Gasteiger partial charge in [-0.15, -0.1) is 0 Å². The normalized spacial score (nSPS) is 15.5. The topological polar surface area (TPSA) is 92.0 Å². The number of rotatable bonds is 7. The fraction of sp³-hybridized carbons (Fsp3) is 0.412. The number of hydrogen-bond donors (Lipinski definition) is 1. The monoisotopic (exact) mass is 366 g/mol. The molecule has 1 N–H and O–H groups in total. The Morgan fingerprint density at radius 3 is 2.80 bits per heavy atom. The summed E-state index contributed by atoms with van der Waals surface area (Å²) in [5, 5.41) is 18.1. The maximum atomic E-state index is 10.9. The molecule has 0 atom stereocenters. The molecule has 1 saturated heterocycles. The number of methoxy groups -OCH3 is 1. The van der Waals surface area contributed by atoms with Gasteiger partial charge in [-0.1, -0.05) is 11.6 Å². The van der Waals surface area contributed by atoms with Crippen molar-refractivity contribution in [1.29, 1.82) is 5.26 Å². The van der Waals surface area contributed by atoms with Crippen LogP contribution in [-0.4, -0.2) is 62.5 Å². The van der Waals surface area contributed by atoms with E-state index in [0.29, 0.717) is 23.7 Å². The summed E-state index contributed by atoms with van der Waals surface area (Å²) in [7, 11) is 1.47. The number of halogens is 1. The van der Waals surface area contributed by atoms with Gasteiger partial charge >= 0.3 is 5.97 Å². The van der Waals surface area contributed by atoms with Crippen molar-refractivity contribution >= 4 is 23.6 Å². The number of morpholine rings is 1. The number of carbonyl (C=O) groups is 1. The zero-order valence-electron chi connectivity index (χ0n) is 13.8. The summed E-state index contributed by atoms with van der Waals surface area (Å²) in [6.07, 6.45) is 1.23. The third-order valence-corrected chi connectivity index (χ3v) is 3.95. The first-order valence-electron chi connectivity index (χ1n) is 7.70. The quantitative estimate of drug-likeness (QED) is 0.583. The molecule has 0 amide bonds. The van der Waals surface area contributed by atoms with Gasteiger partial charge in [0.05, 0.1) is 25.3 Å². The molecule has 0 radical (unpaired) electrons. The SMILES string of the molecule is COc1cc(C=C(C#N)C(=O)O)cc(Cl)c1OCCN1CCOCC1. The molecule has 0 aliphatic carbocycles. The van der Waals surface area contributed by atoms with E-state index >= 15 is 0 Å². The zero-order valence-corrected chi connectivity index (χ0v) is 14.6. The van der Waals surface area contributed by atoms with Crippen LogP contribution < -0.4 is 9.47 Å². The molecule has 1 fully saturated rings. The van der Waals surface area contributed by atoms with Gasteiger partial charge in [-0.3, -0.25) is 4.90 Å². The number of aliphatic carboxylic acids is 1. The Hall–Kier alpha value is -2.27. The third-order valence-electron chi connectivity index (χ3n) is 3.67. The number of nitriles is 1. The second kappa shape index (κ2) is 9.28. The van der Waals surface area contributed by atoms with E-state index in [1.807, 2.05) is 0 Å². The van der Waals surface area contributed by atoms with Crippen LogP contribution in [0.2, 0.25) is 5.02 Å². The number of carboxylic acids is 1. The van der Waals surface area contributed by atoms with Crippen molar-refractivity contribution in [3.8, 4) is 17.6 Å². The number of hydrogen-bond acceptors (Lipinski definition) is 6. The minimum Gasteiger partial charge on any atom is -0.493 e. The Balaban J connectivity index is 2.10. The van der Waals surface area contributed by atoms with Crippen LogP contribution in [-0.2, 0) is 9.53 Å². The lowest BCUT2D eigenvalue weighted by atomic mass is 10.1. The molecule has 7 nitrogen and oxygen atoms in total. The summed E-state index contributed by atoms with van der Waals surface area (Å²) in [6.45, 7) is 4.34. The second-order valence-corrected chi connectivity index (χ2v) is 5.72. The molecule has 25 heavy (non-hydrogen) atoms. The second-order valence-electron chi connectivity index (χ2n) is 5.31. The lowest BCUT2D eigenvalue weighted by Gasteiger charge is -2.26. The van der Waals surface area contributed by atoms with Crippen molar-refractivity contribution < 1.29 is 24.1 Å². The first-order valence-corrected chi connectivity index (χ1v) is 8.08. The third kappa shape index (κ3) is 5.36. The molecule has 0 saturated carbocycles. The summed E-state index contributed by atoms with van der Waals surface area (Å²) in [6, 6.07) is 4.74. The molecule has 0 bridgehead atoms. The number of benzene rings is 1. The molecule has 1 aliphatic heterocycles. The molecule has 1 heterocycles. The minimum atomic E-state index is -1.30. The minimum absolute atomic E-state index is 0.287. The highest BCUT2D eigenvalue weighted by Gasteiger charge is 2.15. The van der Waals surface area contributed by atoms with E-state index < -0.39 is 5.97 Å². The van der Waals surface area contributed by atoms with Gasteiger partial charge in [-0.05, 0) is 23.8 Å². The Morgan fingerprint density at radius 2 is 2.20 bits per heavy atom. The van der Waals surface area contributed by atoms with E-state index in [4.69, 9.17) is 36.2 Å². The summed E-state index contributed by atoms with van der Waals surface area (Å²) in [5.74, 6) is -0.532. The van der Waals surface area contributed by atoms with Crippen molar-refractivity contribution in [1.82, 2.24) is 4.90 Å². The smallest absolute Gasteiger partial charge is 0.346 e. The van der Waals surface area contributed by atoms with Crippen LogP contribution in [0.25, 0.3) is 6.08 Å². The zero-order chi connectivity index (χ0) is 18.2. The maximum Gasteiger partial charge on any atom is 0.346 e. The summed E-state index contributed by atoms with van der Waals surface area (Å²) in [5.41, 5.74) is 0.0560. The Bertz CT molecular complexity index is 693. The van der Waals surface area contributed by atoms with Crippen LogP contribution in [0.4, 0.5) is 0 Å². The number of ether oxygens (including phenoxy) is 3. The Labute approximate surface area is 151 Å².